The number of hydrogen-bond donors (Lipinski definition) is 2. The molecule has 1 spiro atoms. The topological polar surface area (TPSA) is 131 Å². The standard InChI is InChI=1S/C20H23FN4O6S/c1-12-3-4-13(21)11-14(12)32(29,30)24-7-5-20(6-8-24)19-23-15(17(27)22-2)16(26)18(28)25(19)9-10-31-20/h3-4,11,26H,5-10H2,1-2H3,(H,22,27). The lowest BCUT2D eigenvalue weighted by atomic mass is 9.89. The van der Waals surface area contributed by atoms with Crippen LogP contribution >= 0.6 is 0 Å². The van der Waals surface area contributed by atoms with Gasteiger partial charge in [0, 0.05) is 20.1 Å². The lowest BCUT2D eigenvalue weighted by molar-refractivity contribution is -0.110. The Bertz CT molecular complexity index is 1250. The Hall–Kier alpha value is -2.83. The molecule has 1 aromatic carbocycles. The number of aromatic nitrogens is 2. The van der Waals surface area contributed by atoms with Gasteiger partial charge in [-0.15, -0.1) is 0 Å². The zero-order valence-corrected chi connectivity index (χ0v) is 18.4. The second-order valence-corrected chi connectivity index (χ2v) is 9.73. The minimum atomic E-state index is -3.94. The first-order valence-corrected chi connectivity index (χ1v) is 11.5. The molecule has 0 unspecified atom stereocenters. The van der Waals surface area contributed by atoms with Crippen molar-refractivity contribution in [2.75, 3.05) is 26.7 Å². The summed E-state index contributed by atoms with van der Waals surface area (Å²) in [5.74, 6) is -1.92. The molecule has 10 nitrogen and oxygen atoms in total. The molecule has 12 heteroatoms. The molecule has 2 aromatic rings. The highest BCUT2D eigenvalue weighted by Gasteiger charge is 2.46. The molecular formula is C20H23FN4O6S. The van der Waals surface area contributed by atoms with Gasteiger partial charge in [-0.05, 0) is 37.5 Å². The summed E-state index contributed by atoms with van der Waals surface area (Å²) < 4.78 is 48.5. The lowest BCUT2D eigenvalue weighted by Crippen LogP contribution is -2.52. The lowest BCUT2D eigenvalue weighted by Gasteiger charge is -2.43. The summed E-state index contributed by atoms with van der Waals surface area (Å²) in [6.07, 6.45) is 0.343. The number of ether oxygens (including phenoxy) is 1. The quantitative estimate of drug-likeness (QED) is 0.672. The van der Waals surface area contributed by atoms with Crippen molar-refractivity contribution in [1.29, 1.82) is 0 Å². The summed E-state index contributed by atoms with van der Waals surface area (Å²) in [6, 6.07) is 3.62. The minimum Gasteiger partial charge on any atom is -0.501 e. The van der Waals surface area contributed by atoms with E-state index in [1.165, 1.54) is 28.1 Å². The third kappa shape index (κ3) is 3.48. The van der Waals surface area contributed by atoms with E-state index < -0.39 is 44.4 Å². The van der Waals surface area contributed by atoms with Crippen LogP contribution in [0.1, 0.15) is 34.7 Å². The number of rotatable bonds is 3. The van der Waals surface area contributed by atoms with Gasteiger partial charge in [-0.1, -0.05) is 6.07 Å². The minimum absolute atomic E-state index is 0.0460. The number of piperidine rings is 1. The van der Waals surface area contributed by atoms with E-state index >= 15 is 0 Å². The van der Waals surface area contributed by atoms with Crippen molar-refractivity contribution in [2.45, 2.75) is 36.8 Å². The van der Waals surface area contributed by atoms with Crippen LogP contribution in [0.4, 0.5) is 4.39 Å². The highest BCUT2D eigenvalue weighted by atomic mass is 32.2. The van der Waals surface area contributed by atoms with Crippen molar-refractivity contribution in [3.05, 3.63) is 51.5 Å². The summed E-state index contributed by atoms with van der Waals surface area (Å²) in [4.78, 5) is 28.9. The molecule has 2 aliphatic heterocycles. The summed E-state index contributed by atoms with van der Waals surface area (Å²) in [5, 5.41) is 12.5. The molecule has 1 aromatic heterocycles. The number of amides is 1. The van der Waals surface area contributed by atoms with Gasteiger partial charge in [0.05, 0.1) is 18.0 Å². The smallest absolute Gasteiger partial charge is 0.296 e. The predicted molar refractivity (Wildman–Crippen MR) is 110 cm³/mol. The summed E-state index contributed by atoms with van der Waals surface area (Å²) in [7, 11) is -2.59. The van der Waals surface area contributed by atoms with Gasteiger partial charge in [0.2, 0.25) is 15.8 Å². The van der Waals surface area contributed by atoms with E-state index in [-0.39, 0.29) is 49.8 Å². The van der Waals surface area contributed by atoms with E-state index in [1.807, 2.05) is 0 Å². The Labute approximate surface area is 183 Å². The van der Waals surface area contributed by atoms with Crippen molar-refractivity contribution in [3.63, 3.8) is 0 Å². The number of hydrogen-bond acceptors (Lipinski definition) is 7. The van der Waals surface area contributed by atoms with Crippen molar-refractivity contribution < 1.29 is 27.4 Å². The Morgan fingerprint density at radius 2 is 1.97 bits per heavy atom. The number of aromatic hydroxyl groups is 1. The summed E-state index contributed by atoms with van der Waals surface area (Å²) in [5.41, 5.74) is -1.80. The highest BCUT2D eigenvalue weighted by Crippen LogP contribution is 2.39. The van der Waals surface area contributed by atoms with Gasteiger partial charge >= 0.3 is 0 Å². The van der Waals surface area contributed by atoms with E-state index in [9.17, 15) is 27.5 Å². The summed E-state index contributed by atoms with van der Waals surface area (Å²) in [6.45, 7) is 2.01. The van der Waals surface area contributed by atoms with Gasteiger partial charge in [0.1, 0.15) is 17.2 Å². The second-order valence-electron chi connectivity index (χ2n) is 7.83. The highest BCUT2D eigenvalue weighted by molar-refractivity contribution is 7.89. The largest absolute Gasteiger partial charge is 0.501 e. The van der Waals surface area contributed by atoms with Gasteiger partial charge in [-0.2, -0.15) is 4.31 Å². The summed E-state index contributed by atoms with van der Waals surface area (Å²) >= 11 is 0. The van der Waals surface area contributed by atoms with Crippen LogP contribution in [-0.2, 0) is 26.9 Å². The molecule has 0 aliphatic carbocycles. The molecule has 0 radical (unpaired) electrons. The van der Waals surface area contributed by atoms with E-state index in [2.05, 4.69) is 10.3 Å². The zero-order valence-electron chi connectivity index (χ0n) is 17.6. The van der Waals surface area contributed by atoms with Crippen molar-refractivity contribution in [1.82, 2.24) is 19.2 Å². The molecule has 2 aliphatic rings. The van der Waals surface area contributed by atoms with Crippen LogP contribution in [0, 0.1) is 12.7 Å². The number of carbonyl (C=O) groups is 1. The molecule has 0 saturated carbocycles. The monoisotopic (exact) mass is 466 g/mol. The van der Waals surface area contributed by atoms with Gasteiger partial charge < -0.3 is 15.2 Å². The number of halogens is 1. The van der Waals surface area contributed by atoms with Gasteiger partial charge in [-0.3, -0.25) is 14.2 Å². The van der Waals surface area contributed by atoms with Crippen LogP contribution in [0.2, 0.25) is 0 Å². The third-order valence-corrected chi connectivity index (χ3v) is 8.03. The molecule has 32 heavy (non-hydrogen) atoms. The number of fused-ring (bicyclic) bond motifs is 2. The van der Waals surface area contributed by atoms with Crippen LogP contribution in [0.3, 0.4) is 0 Å². The Morgan fingerprint density at radius 1 is 1.28 bits per heavy atom. The second kappa shape index (κ2) is 7.94. The van der Waals surface area contributed by atoms with Crippen LogP contribution in [0.15, 0.2) is 27.9 Å². The Morgan fingerprint density at radius 3 is 2.62 bits per heavy atom. The predicted octanol–water partition coefficient (Wildman–Crippen LogP) is 0.466. The van der Waals surface area contributed by atoms with E-state index in [4.69, 9.17) is 4.74 Å². The van der Waals surface area contributed by atoms with E-state index in [0.29, 0.717) is 5.56 Å². The fourth-order valence-corrected chi connectivity index (χ4v) is 5.90. The van der Waals surface area contributed by atoms with Crippen LogP contribution in [0.5, 0.6) is 5.75 Å². The first-order chi connectivity index (χ1) is 15.1. The molecule has 4 rings (SSSR count). The molecule has 172 valence electrons. The van der Waals surface area contributed by atoms with Gasteiger partial charge in [0.15, 0.2) is 5.69 Å². The number of aryl methyl sites for hydroxylation is 1. The van der Waals surface area contributed by atoms with Gasteiger partial charge in [-0.25, -0.2) is 17.8 Å². The first kappa shape index (κ1) is 22.4. The molecule has 1 amide bonds. The van der Waals surface area contributed by atoms with Crippen molar-refractivity contribution in [3.8, 4) is 5.75 Å². The Balaban J connectivity index is 1.69. The first-order valence-electron chi connectivity index (χ1n) is 10.1. The number of nitrogens with one attached hydrogen (secondary N) is 1. The number of sulfonamides is 1. The number of benzene rings is 1. The maximum Gasteiger partial charge on any atom is 0.296 e. The Kier molecular flexibility index (Phi) is 5.55. The molecule has 0 atom stereocenters. The number of nitrogens with zero attached hydrogens (tertiary/aromatic N) is 3. The zero-order chi connectivity index (χ0) is 23.3. The fraction of sp³-hybridized carbons (Fsp3) is 0.450. The van der Waals surface area contributed by atoms with Crippen molar-refractivity contribution in [2.24, 2.45) is 0 Å². The normalized spacial score (nSPS) is 18.3. The molecular weight excluding hydrogens is 443 g/mol. The molecule has 1 fully saturated rings. The average Bonchev–Trinajstić information content (AvgIpc) is 2.78. The molecule has 3 heterocycles. The maximum absolute atomic E-state index is 13.7. The van der Waals surface area contributed by atoms with Crippen LogP contribution in [-0.4, -0.2) is 60.0 Å². The van der Waals surface area contributed by atoms with Gasteiger partial charge in [0.25, 0.3) is 11.5 Å². The van der Waals surface area contributed by atoms with Crippen LogP contribution in [0.25, 0.3) is 0 Å². The average molecular weight is 466 g/mol. The maximum atomic E-state index is 13.7. The van der Waals surface area contributed by atoms with E-state index in [1.54, 1.807) is 6.92 Å². The third-order valence-electron chi connectivity index (χ3n) is 5.99. The van der Waals surface area contributed by atoms with E-state index in [0.717, 1.165) is 6.07 Å². The molecule has 1 saturated heterocycles. The number of carbonyl (C=O) groups excluding carboxylic acids is 1. The van der Waals surface area contributed by atoms with Crippen LogP contribution < -0.4 is 10.9 Å². The fourth-order valence-electron chi connectivity index (χ4n) is 4.22. The molecule has 2 N–H and O–H groups in total. The van der Waals surface area contributed by atoms with Crippen molar-refractivity contribution >= 4 is 15.9 Å². The molecule has 0 bridgehead atoms. The SMILES string of the molecule is CNC(=O)c1nc2n(c(=O)c1O)CCOC21CCN(S(=O)(=O)c2cc(F)ccc2C)CC1.